The highest BCUT2D eigenvalue weighted by Gasteiger charge is 2.01. The molecule has 3 nitrogen and oxygen atoms in total. The third-order valence-corrected chi connectivity index (χ3v) is 1.75. The van der Waals surface area contributed by atoms with Gasteiger partial charge in [-0.05, 0) is 13.8 Å². The van der Waals surface area contributed by atoms with Gasteiger partial charge >= 0.3 is 0 Å². The summed E-state index contributed by atoms with van der Waals surface area (Å²) in [4.78, 5) is 2.23. The highest BCUT2D eigenvalue weighted by molar-refractivity contribution is 5.41. The van der Waals surface area contributed by atoms with Gasteiger partial charge in [0.2, 0.25) is 0 Å². The third-order valence-electron chi connectivity index (χ3n) is 1.75. The molecule has 1 aromatic heterocycles. The van der Waals surface area contributed by atoms with Gasteiger partial charge in [-0.25, -0.2) is 0 Å². The van der Waals surface area contributed by atoms with Crippen molar-refractivity contribution in [3.63, 3.8) is 0 Å². The van der Waals surface area contributed by atoms with Crippen LogP contribution in [0.5, 0.6) is 0 Å². The van der Waals surface area contributed by atoms with Crippen LogP contribution in [0.15, 0.2) is 12.4 Å². The molecule has 1 heterocycles. The van der Waals surface area contributed by atoms with Crippen molar-refractivity contribution in [2.75, 3.05) is 18.0 Å². The largest absolute Gasteiger partial charge is 0.370 e. The van der Waals surface area contributed by atoms with E-state index in [2.05, 4.69) is 30.9 Å². The molecule has 0 spiro atoms. The van der Waals surface area contributed by atoms with E-state index >= 15 is 0 Å². The predicted molar refractivity (Wildman–Crippen MR) is 46.5 cm³/mol. The summed E-state index contributed by atoms with van der Waals surface area (Å²) in [5.41, 5.74) is 1.14. The minimum Gasteiger partial charge on any atom is -0.370 e. The normalized spacial score (nSPS) is 10.1. The summed E-state index contributed by atoms with van der Waals surface area (Å²) in [5, 5.41) is 4.00. The van der Waals surface area contributed by atoms with Gasteiger partial charge < -0.3 is 4.90 Å². The molecular formula is C8H14N3. The van der Waals surface area contributed by atoms with Gasteiger partial charge in [0, 0.05) is 19.3 Å². The SMILES string of the molecule is [CH2]n1cc(N(CC)CC)cn1. The third kappa shape index (κ3) is 1.73. The Kier molecular flexibility index (Phi) is 2.52. The first-order valence-electron chi connectivity index (χ1n) is 3.88. The van der Waals surface area contributed by atoms with Crippen LogP contribution in [0.25, 0.3) is 0 Å². The van der Waals surface area contributed by atoms with Crippen molar-refractivity contribution in [1.82, 2.24) is 9.78 Å². The lowest BCUT2D eigenvalue weighted by Gasteiger charge is -2.17. The zero-order chi connectivity index (χ0) is 8.27. The lowest BCUT2D eigenvalue weighted by Crippen LogP contribution is -2.21. The molecule has 61 valence electrons. The van der Waals surface area contributed by atoms with Crippen molar-refractivity contribution in [3.05, 3.63) is 19.4 Å². The average Bonchev–Trinajstić information content (AvgIpc) is 2.39. The molecule has 0 unspecified atom stereocenters. The van der Waals surface area contributed by atoms with Crippen LogP contribution in [0, 0.1) is 7.05 Å². The summed E-state index contributed by atoms with van der Waals surface area (Å²) in [6.07, 6.45) is 3.76. The summed E-state index contributed by atoms with van der Waals surface area (Å²) < 4.78 is 1.58. The van der Waals surface area contributed by atoms with Crippen molar-refractivity contribution in [3.8, 4) is 0 Å². The number of aromatic nitrogens is 2. The predicted octanol–water partition coefficient (Wildman–Crippen LogP) is 1.37. The highest BCUT2D eigenvalue weighted by Crippen LogP contribution is 2.10. The fourth-order valence-electron chi connectivity index (χ4n) is 1.10. The van der Waals surface area contributed by atoms with Crippen molar-refractivity contribution in [1.29, 1.82) is 0 Å². The molecule has 0 atom stereocenters. The van der Waals surface area contributed by atoms with Gasteiger partial charge in [0.05, 0.1) is 18.9 Å². The maximum absolute atomic E-state index is 4.00. The Balaban J connectivity index is 2.73. The second-order valence-electron chi connectivity index (χ2n) is 2.41. The Hall–Kier alpha value is -0.990. The summed E-state index contributed by atoms with van der Waals surface area (Å²) in [6, 6.07) is 0. The number of rotatable bonds is 3. The maximum atomic E-state index is 4.00. The molecule has 0 aliphatic rings. The average molecular weight is 152 g/mol. The van der Waals surface area contributed by atoms with E-state index in [9.17, 15) is 0 Å². The van der Waals surface area contributed by atoms with Crippen molar-refractivity contribution in [2.24, 2.45) is 0 Å². The molecule has 0 amide bonds. The molecule has 0 fully saturated rings. The smallest absolute Gasteiger partial charge is 0.0752 e. The molecule has 0 saturated heterocycles. The van der Waals surface area contributed by atoms with Crippen molar-refractivity contribution < 1.29 is 0 Å². The van der Waals surface area contributed by atoms with Crippen LogP contribution >= 0.6 is 0 Å². The van der Waals surface area contributed by atoms with Crippen LogP contribution in [0.3, 0.4) is 0 Å². The second kappa shape index (κ2) is 3.42. The number of anilines is 1. The lowest BCUT2D eigenvalue weighted by molar-refractivity contribution is 0.861. The van der Waals surface area contributed by atoms with Crippen molar-refractivity contribution in [2.45, 2.75) is 13.8 Å². The molecule has 0 bridgehead atoms. The van der Waals surface area contributed by atoms with Gasteiger partial charge in [0.1, 0.15) is 0 Å². The molecule has 0 aromatic carbocycles. The van der Waals surface area contributed by atoms with E-state index in [4.69, 9.17) is 0 Å². The molecule has 1 aromatic rings. The second-order valence-corrected chi connectivity index (χ2v) is 2.41. The Morgan fingerprint density at radius 3 is 2.55 bits per heavy atom. The summed E-state index contributed by atoms with van der Waals surface area (Å²) in [5.74, 6) is 0. The van der Waals surface area contributed by atoms with Crippen LogP contribution in [0.2, 0.25) is 0 Å². The van der Waals surface area contributed by atoms with E-state index in [1.165, 1.54) is 0 Å². The van der Waals surface area contributed by atoms with Crippen LogP contribution in [0.1, 0.15) is 13.8 Å². The fourth-order valence-corrected chi connectivity index (χ4v) is 1.10. The Labute approximate surface area is 67.6 Å². The van der Waals surface area contributed by atoms with Crippen LogP contribution < -0.4 is 4.90 Å². The van der Waals surface area contributed by atoms with Crippen molar-refractivity contribution >= 4 is 5.69 Å². The number of hydrogen-bond acceptors (Lipinski definition) is 2. The quantitative estimate of drug-likeness (QED) is 0.652. The molecule has 3 heteroatoms. The first-order chi connectivity index (χ1) is 5.27. The van der Waals surface area contributed by atoms with E-state index in [-0.39, 0.29) is 0 Å². The van der Waals surface area contributed by atoms with Gasteiger partial charge in [-0.15, -0.1) is 0 Å². The molecule has 1 rings (SSSR count). The van der Waals surface area contributed by atoms with Gasteiger partial charge in [-0.3, -0.25) is 4.68 Å². The standard InChI is InChI=1S/C8H14N3/c1-4-11(5-2)8-6-9-10(3)7-8/h6-7H,3-5H2,1-2H3. The molecule has 0 N–H and O–H groups in total. The Morgan fingerprint density at radius 2 is 2.18 bits per heavy atom. The molecule has 11 heavy (non-hydrogen) atoms. The Morgan fingerprint density at radius 1 is 1.55 bits per heavy atom. The van der Waals surface area contributed by atoms with E-state index in [1.807, 2.05) is 12.4 Å². The van der Waals surface area contributed by atoms with Gasteiger partial charge in [-0.2, -0.15) is 5.10 Å². The number of nitrogens with zero attached hydrogens (tertiary/aromatic N) is 3. The zero-order valence-corrected chi connectivity index (χ0v) is 7.12. The van der Waals surface area contributed by atoms with Crippen LogP contribution in [0.4, 0.5) is 5.69 Å². The van der Waals surface area contributed by atoms with E-state index in [0.717, 1.165) is 18.8 Å². The highest BCUT2D eigenvalue weighted by atomic mass is 15.3. The van der Waals surface area contributed by atoms with E-state index < -0.39 is 0 Å². The van der Waals surface area contributed by atoms with Gasteiger partial charge in [-0.1, -0.05) is 0 Å². The first kappa shape index (κ1) is 8.11. The Bertz CT molecular complexity index is 213. The minimum atomic E-state index is 1.02. The van der Waals surface area contributed by atoms with Crippen LogP contribution in [-0.2, 0) is 0 Å². The monoisotopic (exact) mass is 152 g/mol. The fraction of sp³-hybridized carbons (Fsp3) is 0.500. The molecule has 0 aliphatic heterocycles. The lowest BCUT2D eigenvalue weighted by atomic mass is 10.4. The molecule has 0 aliphatic carbocycles. The summed E-state index contributed by atoms with van der Waals surface area (Å²) in [6.45, 7) is 6.29. The minimum absolute atomic E-state index is 1.02. The zero-order valence-electron chi connectivity index (χ0n) is 7.12. The van der Waals surface area contributed by atoms with Gasteiger partial charge in [0.25, 0.3) is 0 Å². The van der Waals surface area contributed by atoms with Gasteiger partial charge in [0.15, 0.2) is 0 Å². The summed E-state index contributed by atoms with van der Waals surface area (Å²) >= 11 is 0. The molecule has 0 saturated carbocycles. The molecule has 1 radical (unpaired) electrons. The van der Waals surface area contributed by atoms with Crippen LogP contribution in [-0.4, -0.2) is 22.9 Å². The molecular weight excluding hydrogens is 138 g/mol. The summed E-state index contributed by atoms with van der Waals surface area (Å²) in [7, 11) is 3.67. The topological polar surface area (TPSA) is 21.1 Å². The number of hydrogen-bond donors (Lipinski definition) is 0. The van der Waals surface area contributed by atoms with E-state index in [1.54, 1.807) is 4.68 Å². The maximum Gasteiger partial charge on any atom is 0.0752 e. The first-order valence-corrected chi connectivity index (χ1v) is 3.88. The van der Waals surface area contributed by atoms with E-state index in [0.29, 0.717) is 0 Å².